The van der Waals surface area contributed by atoms with Gasteiger partial charge in [0, 0.05) is 26.6 Å². The summed E-state index contributed by atoms with van der Waals surface area (Å²) in [5.41, 5.74) is 11.6. The number of anilines is 1. The van der Waals surface area contributed by atoms with E-state index in [4.69, 9.17) is 11.5 Å². The molecule has 1 saturated heterocycles. The number of amides is 1. The minimum atomic E-state index is -0.591. The Morgan fingerprint density at radius 3 is 2.43 bits per heavy atom. The summed E-state index contributed by atoms with van der Waals surface area (Å²) in [6.45, 7) is 2.50. The number of nitrogen functional groups attached to an aromatic ring is 1. The fourth-order valence-corrected chi connectivity index (χ4v) is 1.92. The van der Waals surface area contributed by atoms with Crippen LogP contribution in [0.4, 0.5) is 5.82 Å². The zero-order chi connectivity index (χ0) is 14.4. The number of nitrogens with zero attached hydrogens (tertiary/aromatic N) is 3. The standard InChI is InChI=1S/C8H6N5O.C5H11N.W/c9-7-6-5(12-3-13-7)4(8(10)14)1-2-11-6;1-2-4-6-5-3-1;/h1,3H,(H2,10,14)(H2,9,12,13);6H,1-5H2;/q-1;;. The molecule has 2 aromatic heterocycles. The number of nitrogens with two attached hydrogens (primary N) is 2. The van der Waals surface area contributed by atoms with E-state index in [0.29, 0.717) is 11.0 Å². The number of hydrogen-bond acceptors (Lipinski definition) is 6. The quantitative estimate of drug-likeness (QED) is 0.529. The molecule has 1 amide bonds. The van der Waals surface area contributed by atoms with Crippen LogP contribution in [0.2, 0.25) is 0 Å². The number of primary amides is 1. The van der Waals surface area contributed by atoms with E-state index in [-0.39, 0.29) is 32.4 Å². The van der Waals surface area contributed by atoms with Crippen molar-refractivity contribution in [2.45, 2.75) is 19.3 Å². The number of carbonyl (C=O) groups excluding carboxylic acids is 1. The van der Waals surface area contributed by atoms with Gasteiger partial charge in [0.1, 0.15) is 6.33 Å². The molecule has 0 spiro atoms. The molecule has 1 aliphatic heterocycles. The van der Waals surface area contributed by atoms with Gasteiger partial charge in [0.25, 0.3) is 0 Å². The van der Waals surface area contributed by atoms with E-state index in [1.165, 1.54) is 44.7 Å². The van der Waals surface area contributed by atoms with E-state index in [1.807, 2.05) is 0 Å². The first-order valence-corrected chi connectivity index (χ1v) is 6.48. The molecule has 1 aliphatic rings. The van der Waals surface area contributed by atoms with Crippen molar-refractivity contribution in [3.05, 3.63) is 24.2 Å². The summed E-state index contributed by atoms with van der Waals surface area (Å²) in [7, 11) is 0. The first kappa shape index (κ1) is 17.5. The molecule has 1 fully saturated rings. The second-order valence-corrected chi connectivity index (χ2v) is 4.43. The van der Waals surface area contributed by atoms with Crippen molar-refractivity contribution in [2.75, 3.05) is 18.8 Å². The van der Waals surface area contributed by atoms with Gasteiger partial charge in [0.2, 0.25) is 0 Å². The van der Waals surface area contributed by atoms with Gasteiger partial charge in [-0.05, 0) is 37.0 Å². The predicted molar refractivity (Wildman–Crippen MR) is 75.8 cm³/mol. The third-order valence-corrected chi connectivity index (χ3v) is 2.96. The number of aromatic nitrogens is 3. The Hall–Kier alpha value is -1.59. The minimum absolute atomic E-state index is 0. The van der Waals surface area contributed by atoms with Crippen LogP contribution in [-0.2, 0) is 21.1 Å². The van der Waals surface area contributed by atoms with Crippen molar-refractivity contribution in [3.8, 4) is 0 Å². The fourth-order valence-electron chi connectivity index (χ4n) is 1.92. The minimum Gasteiger partial charge on any atom is -0.392 e. The van der Waals surface area contributed by atoms with Gasteiger partial charge in [-0.15, -0.1) is 6.07 Å². The van der Waals surface area contributed by atoms with E-state index >= 15 is 0 Å². The molecule has 0 aromatic carbocycles. The van der Waals surface area contributed by atoms with E-state index in [1.54, 1.807) is 0 Å². The Labute approximate surface area is 137 Å². The van der Waals surface area contributed by atoms with Crippen LogP contribution in [0.3, 0.4) is 0 Å². The van der Waals surface area contributed by atoms with Gasteiger partial charge in [0.15, 0.2) is 5.91 Å². The third-order valence-electron chi connectivity index (χ3n) is 2.96. The average Bonchev–Trinajstić information content (AvgIpc) is 2.49. The van der Waals surface area contributed by atoms with Crippen molar-refractivity contribution >= 4 is 22.8 Å². The predicted octanol–water partition coefficient (Wildman–Crippen LogP) is 0.263. The van der Waals surface area contributed by atoms with Crippen molar-refractivity contribution in [2.24, 2.45) is 5.73 Å². The first-order chi connectivity index (χ1) is 9.70. The molecule has 0 radical (unpaired) electrons. The van der Waals surface area contributed by atoms with Crippen LogP contribution in [0.25, 0.3) is 11.0 Å². The Morgan fingerprint density at radius 1 is 1.19 bits per heavy atom. The Balaban J connectivity index is 0.000000267. The molecular weight excluding hydrogens is 440 g/mol. The van der Waals surface area contributed by atoms with Crippen LogP contribution in [0.15, 0.2) is 12.4 Å². The summed E-state index contributed by atoms with van der Waals surface area (Å²) >= 11 is 0. The van der Waals surface area contributed by atoms with Crippen molar-refractivity contribution in [3.63, 3.8) is 0 Å². The summed E-state index contributed by atoms with van der Waals surface area (Å²) in [6.07, 6.45) is 7.99. The van der Waals surface area contributed by atoms with E-state index in [0.717, 1.165) is 0 Å². The van der Waals surface area contributed by atoms with Gasteiger partial charge in [-0.1, -0.05) is 12.6 Å². The number of fused-ring (bicyclic) bond motifs is 1. The Bertz CT molecular complexity index is 591. The third kappa shape index (κ3) is 4.72. The Morgan fingerprint density at radius 2 is 1.90 bits per heavy atom. The number of piperidine rings is 1. The topological polar surface area (TPSA) is 120 Å². The zero-order valence-electron chi connectivity index (χ0n) is 11.5. The molecule has 21 heavy (non-hydrogen) atoms. The summed E-state index contributed by atoms with van der Waals surface area (Å²) in [4.78, 5) is 22.5. The molecule has 0 unspecified atom stereocenters. The van der Waals surface area contributed by atoms with Crippen molar-refractivity contribution in [1.29, 1.82) is 0 Å². The van der Waals surface area contributed by atoms with Gasteiger partial charge < -0.3 is 21.8 Å². The van der Waals surface area contributed by atoms with Crippen LogP contribution in [0.5, 0.6) is 0 Å². The molecule has 2 aromatic rings. The van der Waals surface area contributed by atoms with E-state index in [9.17, 15) is 4.79 Å². The fraction of sp³-hybridized carbons (Fsp3) is 0.385. The molecule has 112 valence electrons. The zero-order valence-corrected chi connectivity index (χ0v) is 14.4. The molecule has 8 heteroatoms. The maximum atomic E-state index is 11.0. The molecule has 0 aliphatic carbocycles. The molecule has 0 atom stereocenters. The van der Waals surface area contributed by atoms with Gasteiger partial charge in [-0.25, -0.2) is 4.98 Å². The van der Waals surface area contributed by atoms with Crippen molar-refractivity contribution in [1.82, 2.24) is 20.3 Å². The Kier molecular flexibility index (Phi) is 7.18. The summed E-state index contributed by atoms with van der Waals surface area (Å²) in [6, 6.07) is 1.37. The monoisotopic (exact) mass is 457 g/mol. The molecule has 0 bridgehead atoms. The van der Waals surface area contributed by atoms with Gasteiger partial charge in [0.05, 0.1) is 5.82 Å². The summed E-state index contributed by atoms with van der Waals surface area (Å²) in [5, 5.41) is 3.28. The van der Waals surface area contributed by atoms with Crippen LogP contribution < -0.4 is 16.8 Å². The number of rotatable bonds is 1. The second-order valence-electron chi connectivity index (χ2n) is 4.43. The first-order valence-electron chi connectivity index (χ1n) is 6.48. The largest absolute Gasteiger partial charge is 0.392 e. The van der Waals surface area contributed by atoms with Crippen LogP contribution >= 0.6 is 0 Å². The summed E-state index contributed by atoms with van der Waals surface area (Å²) < 4.78 is 0. The molecular formula is C13H17N6OW-. The normalized spacial score (nSPS) is 13.7. The average molecular weight is 457 g/mol. The molecule has 3 rings (SSSR count). The van der Waals surface area contributed by atoms with Gasteiger partial charge >= 0.3 is 0 Å². The summed E-state index contributed by atoms with van der Waals surface area (Å²) in [5.74, 6) is -0.388. The molecule has 3 heterocycles. The van der Waals surface area contributed by atoms with Gasteiger partial charge in [-0.2, -0.15) is 0 Å². The smallest absolute Gasteiger partial charge is 0.195 e. The maximum absolute atomic E-state index is 11.0. The maximum Gasteiger partial charge on any atom is 0.195 e. The number of hydrogen-bond donors (Lipinski definition) is 3. The SMILES string of the molecule is C1CCNCC1.NC(=O)c1c[c-]nc2c(N)ncnc12.[W]. The molecule has 0 saturated carbocycles. The van der Waals surface area contributed by atoms with Crippen LogP contribution in [0.1, 0.15) is 29.6 Å². The van der Waals surface area contributed by atoms with Crippen LogP contribution in [-0.4, -0.2) is 33.9 Å². The molecule has 7 nitrogen and oxygen atoms in total. The number of nitrogens with one attached hydrogen (secondary N) is 1. The second kappa shape index (κ2) is 8.64. The van der Waals surface area contributed by atoms with Crippen molar-refractivity contribution < 1.29 is 25.9 Å². The van der Waals surface area contributed by atoms with E-state index < -0.39 is 5.91 Å². The van der Waals surface area contributed by atoms with Gasteiger partial charge in [-0.3, -0.25) is 9.78 Å². The number of carbonyl (C=O) groups is 1. The number of pyridine rings is 1. The van der Waals surface area contributed by atoms with E-state index in [2.05, 4.69) is 26.5 Å². The van der Waals surface area contributed by atoms with Crippen LogP contribution in [0, 0.1) is 6.20 Å². The molecule has 5 N–H and O–H groups in total.